The van der Waals surface area contributed by atoms with Crippen LogP contribution in [-0.4, -0.2) is 22.9 Å². The summed E-state index contributed by atoms with van der Waals surface area (Å²) in [5.74, 6) is 0.816. The van der Waals surface area contributed by atoms with Gasteiger partial charge in [0, 0.05) is 6.42 Å². The van der Waals surface area contributed by atoms with Crippen molar-refractivity contribution >= 4 is 0 Å². The maximum absolute atomic E-state index is 9.81. The van der Waals surface area contributed by atoms with Crippen LogP contribution in [-0.2, 0) is 18.4 Å². The van der Waals surface area contributed by atoms with Gasteiger partial charge in [0.25, 0.3) is 0 Å². The Hall–Kier alpha value is -1.84. The average Bonchev–Trinajstić information content (AvgIpc) is 2.53. The van der Waals surface area contributed by atoms with E-state index in [0.717, 1.165) is 22.4 Å². The lowest BCUT2D eigenvalue weighted by Crippen LogP contribution is -2.19. The van der Waals surface area contributed by atoms with Crippen molar-refractivity contribution in [3.05, 3.63) is 65.2 Å². The van der Waals surface area contributed by atoms with Crippen molar-refractivity contribution in [2.24, 2.45) is 0 Å². The molecule has 0 fully saturated rings. The van der Waals surface area contributed by atoms with Crippen molar-refractivity contribution in [3.63, 3.8) is 0 Å². The van der Waals surface area contributed by atoms with E-state index in [-0.39, 0.29) is 12.0 Å². The van der Waals surface area contributed by atoms with E-state index >= 15 is 0 Å². The number of rotatable bonds is 6. The molecule has 23 heavy (non-hydrogen) atoms. The number of benzene rings is 2. The number of aliphatic hydroxyl groups excluding tert-OH is 2. The first-order valence-electron chi connectivity index (χ1n) is 8.00. The molecular weight excluding hydrogens is 288 g/mol. The lowest BCUT2D eigenvalue weighted by molar-refractivity contribution is 0.0946. The fourth-order valence-corrected chi connectivity index (χ4v) is 2.55. The van der Waals surface area contributed by atoms with Gasteiger partial charge in [0.1, 0.15) is 12.4 Å². The third-order valence-electron chi connectivity index (χ3n) is 3.80. The Morgan fingerprint density at radius 2 is 1.70 bits per heavy atom. The summed E-state index contributed by atoms with van der Waals surface area (Å²) in [5.41, 5.74) is 3.07. The van der Waals surface area contributed by atoms with Crippen molar-refractivity contribution < 1.29 is 14.9 Å². The first-order chi connectivity index (χ1) is 10.9. The molecule has 2 rings (SSSR count). The van der Waals surface area contributed by atoms with E-state index in [0.29, 0.717) is 13.0 Å². The fourth-order valence-electron chi connectivity index (χ4n) is 2.55. The maximum Gasteiger partial charge on any atom is 0.126 e. The minimum atomic E-state index is -0.774. The Labute approximate surface area is 138 Å². The van der Waals surface area contributed by atoms with Gasteiger partial charge in [0.05, 0.1) is 12.7 Å². The highest BCUT2D eigenvalue weighted by atomic mass is 16.5. The summed E-state index contributed by atoms with van der Waals surface area (Å²) in [5, 5.41) is 18.9. The van der Waals surface area contributed by atoms with Crippen LogP contribution in [0.1, 0.15) is 37.5 Å². The molecule has 0 saturated carbocycles. The number of ether oxygens (including phenoxy) is 1. The summed E-state index contributed by atoms with van der Waals surface area (Å²) in [6.45, 7) is 6.66. The summed E-state index contributed by atoms with van der Waals surface area (Å²) in [7, 11) is 0. The molecule has 0 aliphatic heterocycles. The van der Waals surface area contributed by atoms with Crippen LogP contribution >= 0.6 is 0 Å². The number of hydrogen-bond donors (Lipinski definition) is 2. The van der Waals surface area contributed by atoms with Gasteiger partial charge in [-0.25, -0.2) is 0 Å². The highest BCUT2D eigenvalue weighted by Gasteiger charge is 2.22. The Balaban J connectivity index is 2.32. The second-order valence-electron chi connectivity index (χ2n) is 6.86. The van der Waals surface area contributed by atoms with E-state index in [9.17, 15) is 5.11 Å². The molecule has 0 bridgehead atoms. The van der Waals surface area contributed by atoms with Gasteiger partial charge in [-0.3, -0.25) is 0 Å². The first kappa shape index (κ1) is 17.5. The lowest BCUT2D eigenvalue weighted by Gasteiger charge is -2.25. The van der Waals surface area contributed by atoms with Gasteiger partial charge in [-0.2, -0.15) is 0 Å². The second-order valence-corrected chi connectivity index (χ2v) is 6.86. The molecule has 124 valence electrons. The summed E-state index contributed by atoms with van der Waals surface area (Å²) >= 11 is 0. The molecule has 0 radical (unpaired) electrons. The van der Waals surface area contributed by atoms with Gasteiger partial charge in [0.15, 0.2) is 0 Å². The zero-order valence-corrected chi connectivity index (χ0v) is 14.1. The Morgan fingerprint density at radius 1 is 1.00 bits per heavy atom. The van der Waals surface area contributed by atoms with Gasteiger partial charge in [-0.15, -0.1) is 0 Å². The van der Waals surface area contributed by atoms with Crippen molar-refractivity contribution in [2.45, 2.75) is 45.3 Å². The van der Waals surface area contributed by atoms with E-state index < -0.39 is 6.10 Å². The fraction of sp³-hybridized carbons (Fsp3) is 0.400. The van der Waals surface area contributed by atoms with Gasteiger partial charge in [-0.1, -0.05) is 69.3 Å². The first-order valence-corrected chi connectivity index (χ1v) is 8.00. The van der Waals surface area contributed by atoms with Crippen LogP contribution in [0.15, 0.2) is 48.5 Å². The molecule has 0 saturated heterocycles. The average molecular weight is 314 g/mol. The van der Waals surface area contributed by atoms with Crippen LogP contribution in [0, 0.1) is 0 Å². The molecule has 0 amide bonds. The Bertz CT molecular complexity index is 615. The van der Waals surface area contributed by atoms with E-state index in [1.165, 1.54) is 0 Å². The predicted molar refractivity (Wildman–Crippen MR) is 92.7 cm³/mol. The third kappa shape index (κ3) is 4.81. The van der Waals surface area contributed by atoms with Crippen LogP contribution in [0.25, 0.3) is 0 Å². The third-order valence-corrected chi connectivity index (χ3v) is 3.80. The minimum Gasteiger partial charge on any atom is -0.488 e. The van der Waals surface area contributed by atoms with Crippen molar-refractivity contribution in [3.8, 4) is 5.75 Å². The maximum atomic E-state index is 9.81. The Morgan fingerprint density at radius 3 is 2.30 bits per heavy atom. The summed E-state index contributed by atoms with van der Waals surface area (Å²) in [6.07, 6.45) is -0.394. The highest BCUT2D eigenvalue weighted by molar-refractivity contribution is 5.45. The molecule has 3 nitrogen and oxygen atoms in total. The van der Waals surface area contributed by atoms with Crippen LogP contribution < -0.4 is 4.74 Å². The molecule has 0 aromatic heterocycles. The summed E-state index contributed by atoms with van der Waals surface area (Å²) in [6, 6.07) is 16.0. The number of hydrogen-bond acceptors (Lipinski definition) is 3. The standard InChI is InChI=1S/C20H26O3/c1-20(2,3)18-11-7-10-16(12-17(22)13-21)19(18)23-14-15-8-5-4-6-9-15/h4-11,17,21-22H,12-14H2,1-3H3. The minimum absolute atomic E-state index is 0.0633. The molecule has 2 aromatic rings. The predicted octanol–water partition coefficient (Wildman–Crippen LogP) is 3.46. The van der Waals surface area contributed by atoms with Gasteiger partial charge in [-0.05, 0) is 22.1 Å². The quantitative estimate of drug-likeness (QED) is 0.858. The zero-order valence-electron chi connectivity index (χ0n) is 14.1. The van der Waals surface area contributed by atoms with Crippen LogP contribution in [0.4, 0.5) is 0 Å². The topological polar surface area (TPSA) is 49.7 Å². The largest absolute Gasteiger partial charge is 0.488 e. The lowest BCUT2D eigenvalue weighted by atomic mass is 9.84. The van der Waals surface area contributed by atoms with E-state index in [1.54, 1.807) is 0 Å². The second kappa shape index (κ2) is 7.62. The van der Waals surface area contributed by atoms with Crippen molar-refractivity contribution in [2.75, 3.05) is 6.61 Å². The van der Waals surface area contributed by atoms with Crippen LogP contribution in [0.3, 0.4) is 0 Å². The van der Waals surface area contributed by atoms with E-state index in [1.807, 2.05) is 42.5 Å². The van der Waals surface area contributed by atoms with Crippen LogP contribution in [0.5, 0.6) is 5.75 Å². The van der Waals surface area contributed by atoms with Crippen molar-refractivity contribution in [1.29, 1.82) is 0 Å². The molecule has 0 spiro atoms. The van der Waals surface area contributed by atoms with Gasteiger partial charge >= 0.3 is 0 Å². The van der Waals surface area contributed by atoms with Crippen molar-refractivity contribution in [1.82, 2.24) is 0 Å². The number of aliphatic hydroxyl groups is 2. The molecule has 2 N–H and O–H groups in total. The van der Waals surface area contributed by atoms with Gasteiger partial charge in [0.2, 0.25) is 0 Å². The molecule has 3 heteroatoms. The molecule has 0 heterocycles. The molecular formula is C20H26O3. The summed E-state index contributed by atoms with van der Waals surface area (Å²) in [4.78, 5) is 0. The monoisotopic (exact) mass is 314 g/mol. The molecule has 0 aliphatic carbocycles. The van der Waals surface area contributed by atoms with Gasteiger partial charge < -0.3 is 14.9 Å². The SMILES string of the molecule is CC(C)(C)c1cccc(CC(O)CO)c1OCc1ccccc1. The number of para-hydroxylation sites is 1. The normalized spacial score (nSPS) is 12.9. The molecule has 1 atom stereocenters. The zero-order chi connectivity index (χ0) is 16.9. The highest BCUT2D eigenvalue weighted by Crippen LogP contribution is 2.35. The molecule has 0 aliphatic rings. The summed E-state index contributed by atoms with van der Waals surface area (Å²) < 4.78 is 6.13. The Kier molecular flexibility index (Phi) is 5.80. The van der Waals surface area contributed by atoms with Crippen LogP contribution in [0.2, 0.25) is 0 Å². The molecule has 2 aromatic carbocycles. The van der Waals surface area contributed by atoms with E-state index in [4.69, 9.17) is 9.84 Å². The molecule has 1 unspecified atom stereocenters. The smallest absolute Gasteiger partial charge is 0.126 e. The van der Waals surface area contributed by atoms with E-state index in [2.05, 4.69) is 26.8 Å².